The monoisotopic (exact) mass is 464 g/mol. The Kier molecular flexibility index (Phi) is 5.37. The summed E-state index contributed by atoms with van der Waals surface area (Å²) in [6.07, 6.45) is 6.45. The highest BCUT2D eigenvalue weighted by Gasteiger charge is 2.54. The fourth-order valence-electron chi connectivity index (χ4n) is 5.54. The highest BCUT2D eigenvalue weighted by Crippen LogP contribution is 2.62. The van der Waals surface area contributed by atoms with Gasteiger partial charge in [0.2, 0.25) is 0 Å². The van der Waals surface area contributed by atoms with E-state index in [9.17, 15) is 9.00 Å². The lowest BCUT2D eigenvalue weighted by Crippen LogP contribution is -2.40. The molecule has 1 N–H and O–H groups in total. The van der Waals surface area contributed by atoms with Crippen molar-refractivity contribution in [3.05, 3.63) is 53.3 Å². The molecule has 3 aliphatic rings. The lowest BCUT2D eigenvalue weighted by Gasteiger charge is -2.38. The molecule has 1 aliphatic heterocycles. The second kappa shape index (κ2) is 7.77. The third kappa shape index (κ3) is 4.08. The Hall–Kier alpha value is -1.99. The van der Waals surface area contributed by atoms with E-state index in [-0.39, 0.29) is 28.1 Å². The molecule has 1 unspecified atom stereocenters. The van der Waals surface area contributed by atoms with Crippen molar-refractivity contribution in [3.63, 3.8) is 0 Å². The number of nitrogens with one attached hydrogen (secondary N) is 1. The van der Waals surface area contributed by atoms with Gasteiger partial charge in [-0.05, 0) is 89.0 Å². The van der Waals surface area contributed by atoms with Gasteiger partial charge in [0, 0.05) is 28.6 Å². The zero-order chi connectivity index (χ0) is 23.6. The standard InChI is InChI=1S/C26H30BFN2O2S/c1-24(2,3)29-33(32)18-6-4-5-17(15-18)23(31)30-16-26(13-11-25(9-10-25)12-14-26)21-20(30)8-7-19(27)22(21)28/h4-8,15,29H,9-14,16H2,1-3H3. The smallest absolute Gasteiger partial charge is 0.258 e. The third-order valence-electron chi connectivity index (χ3n) is 7.60. The van der Waals surface area contributed by atoms with Gasteiger partial charge in [-0.2, -0.15) is 0 Å². The number of amides is 1. The first kappa shape index (κ1) is 22.8. The van der Waals surface area contributed by atoms with Crippen LogP contribution in [0.3, 0.4) is 0 Å². The molecule has 0 bridgehead atoms. The Labute approximate surface area is 199 Å². The summed E-state index contributed by atoms with van der Waals surface area (Å²) < 4.78 is 31.2. The molecule has 33 heavy (non-hydrogen) atoms. The minimum atomic E-state index is -1.44. The molecule has 2 spiro atoms. The third-order valence-corrected chi connectivity index (χ3v) is 9.08. The minimum absolute atomic E-state index is 0.139. The van der Waals surface area contributed by atoms with Gasteiger partial charge in [-0.15, -0.1) is 0 Å². The van der Waals surface area contributed by atoms with Crippen LogP contribution >= 0.6 is 0 Å². The van der Waals surface area contributed by atoms with Gasteiger partial charge in [0.15, 0.2) is 0 Å². The maximum absolute atomic E-state index is 15.4. The zero-order valence-corrected chi connectivity index (χ0v) is 20.4. The molecule has 1 heterocycles. The Morgan fingerprint density at radius 3 is 2.39 bits per heavy atom. The van der Waals surface area contributed by atoms with E-state index >= 15 is 4.39 Å². The van der Waals surface area contributed by atoms with E-state index < -0.39 is 11.0 Å². The molecule has 1 amide bonds. The molecule has 2 aromatic rings. The van der Waals surface area contributed by atoms with Crippen molar-refractivity contribution < 1.29 is 13.4 Å². The van der Waals surface area contributed by atoms with Crippen molar-refractivity contribution >= 4 is 35.9 Å². The Morgan fingerprint density at radius 1 is 1.09 bits per heavy atom. The molecule has 2 aromatic carbocycles. The van der Waals surface area contributed by atoms with Crippen LogP contribution in [0.1, 0.15) is 75.2 Å². The summed E-state index contributed by atoms with van der Waals surface area (Å²) in [5, 5.41) is 0. The molecular weight excluding hydrogens is 434 g/mol. The number of fused-ring (bicyclic) bond motifs is 2. The average molecular weight is 464 g/mol. The zero-order valence-electron chi connectivity index (χ0n) is 19.5. The summed E-state index contributed by atoms with van der Waals surface area (Å²) >= 11 is 0. The molecule has 172 valence electrons. The van der Waals surface area contributed by atoms with Gasteiger partial charge in [-0.25, -0.2) is 13.3 Å². The SMILES string of the molecule is [B]c1ccc2c(c1F)C1(CCC3(CC3)CC1)CN2C(=O)c1cccc(S(=O)NC(C)(C)C)c1. The minimum Gasteiger partial charge on any atom is -0.307 e. The molecule has 1 atom stereocenters. The largest absolute Gasteiger partial charge is 0.307 e. The van der Waals surface area contributed by atoms with Gasteiger partial charge < -0.3 is 4.90 Å². The Morgan fingerprint density at radius 2 is 1.76 bits per heavy atom. The topological polar surface area (TPSA) is 49.4 Å². The molecule has 0 aromatic heterocycles. The van der Waals surface area contributed by atoms with E-state index in [1.807, 2.05) is 20.8 Å². The van der Waals surface area contributed by atoms with Gasteiger partial charge >= 0.3 is 0 Å². The van der Waals surface area contributed by atoms with E-state index in [2.05, 4.69) is 4.72 Å². The number of carbonyl (C=O) groups excluding carboxylic acids is 1. The van der Waals surface area contributed by atoms with Crippen molar-refractivity contribution in [1.82, 2.24) is 4.72 Å². The molecule has 7 heteroatoms. The second-order valence-electron chi connectivity index (χ2n) is 11.2. The van der Waals surface area contributed by atoms with Crippen LogP contribution in [-0.2, 0) is 16.4 Å². The fourth-order valence-corrected chi connectivity index (χ4v) is 6.65. The van der Waals surface area contributed by atoms with Crippen LogP contribution in [0.25, 0.3) is 0 Å². The predicted octanol–water partition coefficient (Wildman–Crippen LogP) is 4.28. The first-order valence-electron chi connectivity index (χ1n) is 11.7. The van der Waals surface area contributed by atoms with Gasteiger partial charge in [-0.3, -0.25) is 4.79 Å². The molecule has 2 aliphatic carbocycles. The van der Waals surface area contributed by atoms with E-state index in [0.717, 1.165) is 25.7 Å². The van der Waals surface area contributed by atoms with Crippen LogP contribution < -0.4 is 15.1 Å². The van der Waals surface area contributed by atoms with Gasteiger partial charge in [0.1, 0.15) is 24.6 Å². The quantitative estimate of drug-likeness (QED) is 0.690. The number of rotatable bonds is 3. The van der Waals surface area contributed by atoms with Crippen LogP contribution in [0.15, 0.2) is 41.3 Å². The first-order valence-corrected chi connectivity index (χ1v) is 12.9. The number of nitrogens with zero attached hydrogens (tertiary/aromatic N) is 1. The van der Waals surface area contributed by atoms with E-state index in [1.165, 1.54) is 12.8 Å². The van der Waals surface area contributed by atoms with Crippen molar-refractivity contribution in [2.45, 2.75) is 75.1 Å². The molecule has 2 radical (unpaired) electrons. The average Bonchev–Trinajstić information content (AvgIpc) is 3.46. The van der Waals surface area contributed by atoms with Crippen LogP contribution in [0.5, 0.6) is 0 Å². The highest BCUT2D eigenvalue weighted by atomic mass is 32.2. The summed E-state index contributed by atoms with van der Waals surface area (Å²) in [4.78, 5) is 15.9. The van der Waals surface area contributed by atoms with E-state index in [4.69, 9.17) is 7.85 Å². The number of hydrogen-bond donors (Lipinski definition) is 1. The highest BCUT2D eigenvalue weighted by molar-refractivity contribution is 7.83. The number of carbonyl (C=O) groups is 1. The molecular formula is C26H30BFN2O2S. The molecule has 2 saturated carbocycles. The lowest BCUT2D eigenvalue weighted by molar-refractivity contribution is 0.0980. The van der Waals surface area contributed by atoms with Gasteiger partial charge in [0.25, 0.3) is 5.91 Å². The second-order valence-corrected chi connectivity index (χ2v) is 12.4. The van der Waals surface area contributed by atoms with Crippen molar-refractivity contribution in [2.24, 2.45) is 5.41 Å². The van der Waals surface area contributed by atoms with Crippen LogP contribution in [0.4, 0.5) is 10.1 Å². The molecule has 2 fully saturated rings. The number of anilines is 1. The van der Waals surface area contributed by atoms with Crippen LogP contribution in [-0.4, -0.2) is 30.0 Å². The van der Waals surface area contributed by atoms with E-state index in [0.29, 0.717) is 33.7 Å². The number of halogens is 1. The van der Waals surface area contributed by atoms with Crippen LogP contribution in [0, 0.1) is 11.2 Å². The lowest BCUT2D eigenvalue weighted by atomic mass is 9.65. The van der Waals surface area contributed by atoms with Gasteiger partial charge in [-0.1, -0.05) is 17.6 Å². The molecule has 0 saturated heterocycles. The predicted molar refractivity (Wildman–Crippen MR) is 131 cm³/mol. The van der Waals surface area contributed by atoms with Crippen LogP contribution in [0.2, 0.25) is 0 Å². The van der Waals surface area contributed by atoms with E-state index in [1.54, 1.807) is 41.3 Å². The Bertz CT molecular complexity index is 1150. The first-order chi connectivity index (χ1) is 15.5. The summed E-state index contributed by atoms with van der Waals surface area (Å²) in [6, 6.07) is 10.2. The van der Waals surface area contributed by atoms with Crippen molar-refractivity contribution in [1.29, 1.82) is 0 Å². The Balaban J connectivity index is 1.48. The fraction of sp³-hybridized carbons (Fsp3) is 0.500. The van der Waals surface area contributed by atoms with Crippen molar-refractivity contribution in [2.75, 3.05) is 11.4 Å². The summed E-state index contributed by atoms with van der Waals surface area (Å²) in [5.74, 6) is -0.572. The summed E-state index contributed by atoms with van der Waals surface area (Å²) in [5.41, 5.74) is 1.57. The normalized spacial score (nSPS) is 21.3. The molecule has 4 nitrogen and oxygen atoms in total. The number of hydrogen-bond acceptors (Lipinski definition) is 2. The maximum Gasteiger partial charge on any atom is 0.258 e. The molecule has 5 rings (SSSR count). The maximum atomic E-state index is 15.4. The summed E-state index contributed by atoms with van der Waals surface area (Å²) in [6.45, 7) is 6.29. The number of benzene rings is 2. The summed E-state index contributed by atoms with van der Waals surface area (Å²) in [7, 11) is 4.52. The van der Waals surface area contributed by atoms with Gasteiger partial charge in [0.05, 0.1) is 10.6 Å². The van der Waals surface area contributed by atoms with Crippen molar-refractivity contribution in [3.8, 4) is 0 Å².